The number of rotatable bonds is 8. The van der Waals surface area contributed by atoms with Crippen LogP contribution in [0.1, 0.15) is 65.7 Å². The Labute approximate surface area is 99.4 Å². The first kappa shape index (κ1) is 13.5. The highest BCUT2D eigenvalue weighted by Crippen LogP contribution is 2.62. The Balaban J connectivity index is 2.19. The molecule has 0 bridgehead atoms. The first-order chi connectivity index (χ1) is 7.50. The van der Waals surface area contributed by atoms with Crippen LogP contribution in [-0.4, -0.2) is 5.97 Å². The minimum Gasteiger partial charge on any atom is -0.550 e. The first-order valence-corrected chi connectivity index (χ1v) is 6.70. The summed E-state index contributed by atoms with van der Waals surface area (Å²) in [4.78, 5) is 10.4. The van der Waals surface area contributed by atoms with Crippen molar-refractivity contribution in [3.63, 3.8) is 0 Å². The Morgan fingerprint density at radius 1 is 1.12 bits per heavy atom. The molecule has 0 heterocycles. The van der Waals surface area contributed by atoms with Gasteiger partial charge in [0.25, 0.3) is 0 Å². The van der Waals surface area contributed by atoms with Crippen LogP contribution in [0.15, 0.2) is 0 Å². The molecule has 0 amide bonds. The zero-order valence-electron chi connectivity index (χ0n) is 10.9. The monoisotopic (exact) mass is 225 g/mol. The smallest absolute Gasteiger partial charge is 0.0414 e. The van der Waals surface area contributed by atoms with Crippen LogP contribution in [0.3, 0.4) is 0 Å². The Morgan fingerprint density at radius 2 is 1.75 bits per heavy atom. The SMILES string of the molecule is CCCCCCC1C(CCC(=O)[O-])C1(C)C. The van der Waals surface area contributed by atoms with E-state index in [9.17, 15) is 9.90 Å². The van der Waals surface area contributed by atoms with Crippen molar-refractivity contribution in [2.75, 3.05) is 0 Å². The molecule has 1 fully saturated rings. The second-order valence-electron chi connectivity index (χ2n) is 5.79. The third-order valence-electron chi connectivity index (χ3n) is 4.32. The van der Waals surface area contributed by atoms with Gasteiger partial charge < -0.3 is 9.90 Å². The minimum absolute atomic E-state index is 0.236. The molecule has 0 aromatic carbocycles. The van der Waals surface area contributed by atoms with Gasteiger partial charge in [-0.1, -0.05) is 46.5 Å². The lowest BCUT2D eigenvalue weighted by molar-refractivity contribution is -0.305. The summed E-state index contributed by atoms with van der Waals surface area (Å²) >= 11 is 0. The Bertz CT molecular complexity index is 233. The summed E-state index contributed by atoms with van der Waals surface area (Å²) in [5.41, 5.74) is 0.377. The molecular formula is C14H25O2-. The maximum atomic E-state index is 10.4. The highest BCUT2D eigenvalue weighted by molar-refractivity contribution is 5.64. The van der Waals surface area contributed by atoms with Gasteiger partial charge in [0.15, 0.2) is 0 Å². The van der Waals surface area contributed by atoms with Gasteiger partial charge in [0.2, 0.25) is 0 Å². The van der Waals surface area contributed by atoms with Gasteiger partial charge in [-0.3, -0.25) is 0 Å². The van der Waals surface area contributed by atoms with Gasteiger partial charge in [-0.05, 0) is 36.5 Å². The van der Waals surface area contributed by atoms with Crippen molar-refractivity contribution in [3.05, 3.63) is 0 Å². The molecule has 0 aromatic rings. The van der Waals surface area contributed by atoms with Crippen LogP contribution in [-0.2, 0) is 4.79 Å². The normalized spacial score (nSPS) is 26.7. The summed E-state index contributed by atoms with van der Waals surface area (Å²) in [6.07, 6.45) is 7.58. The number of unbranched alkanes of at least 4 members (excludes halogenated alkanes) is 3. The van der Waals surface area contributed by atoms with Crippen molar-refractivity contribution in [2.24, 2.45) is 17.3 Å². The maximum Gasteiger partial charge on any atom is 0.0414 e. The summed E-state index contributed by atoms with van der Waals surface area (Å²) in [6.45, 7) is 6.78. The summed E-state index contributed by atoms with van der Waals surface area (Å²) in [5.74, 6) is 0.475. The highest BCUT2D eigenvalue weighted by atomic mass is 16.4. The lowest BCUT2D eigenvalue weighted by Gasteiger charge is -2.02. The molecule has 16 heavy (non-hydrogen) atoms. The molecule has 2 nitrogen and oxygen atoms in total. The zero-order chi connectivity index (χ0) is 12.2. The number of carboxylic acid groups (broad SMARTS) is 1. The molecule has 0 N–H and O–H groups in total. The molecule has 0 radical (unpaired) electrons. The summed E-state index contributed by atoms with van der Waals surface area (Å²) in [7, 11) is 0. The van der Waals surface area contributed by atoms with E-state index in [1.54, 1.807) is 0 Å². The van der Waals surface area contributed by atoms with Crippen molar-refractivity contribution in [2.45, 2.75) is 65.7 Å². The largest absolute Gasteiger partial charge is 0.550 e. The van der Waals surface area contributed by atoms with Crippen molar-refractivity contribution >= 4 is 5.97 Å². The second kappa shape index (κ2) is 5.70. The molecule has 2 heteroatoms. The van der Waals surface area contributed by atoms with E-state index in [0.29, 0.717) is 11.3 Å². The van der Waals surface area contributed by atoms with Gasteiger partial charge in [-0.25, -0.2) is 0 Å². The van der Waals surface area contributed by atoms with Crippen molar-refractivity contribution in [1.82, 2.24) is 0 Å². The number of hydrogen-bond acceptors (Lipinski definition) is 2. The molecule has 1 rings (SSSR count). The highest BCUT2D eigenvalue weighted by Gasteiger charge is 2.55. The molecular weight excluding hydrogens is 200 g/mol. The Hall–Kier alpha value is -0.530. The van der Waals surface area contributed by atoms with Gasteiger partial charge in [-0.2, -0.15) is 0 Å². The fourth-order valence-corrected chi connectivity index (χ4v) is 3.07. The van der Waals surface area contributed by atoms with E-state index in [0.717, 1.165) is 12.3 Å². The number of aliphatic carboxylic acids is 1. The van der Waals surface area contributed by atoms with Crippen LogP contribution < -0.4 is 5.11 Å². The van der Waals surface area contributed by atoms with E-state index in [1.165, 1.54) is 32.1 Å². The van der Waals surface area contributed by atoms with Crippen LogP contribution in [0, 0.1) is 17.3 Å². The van der Waals surface area contributed by atoms with Gasteiger partial charge in [0.05, 0.1) is 0 Å². The fraction of sp³-hybridized carbons (Fsp3) is 0.929. The van der Waals surface area contributed by atoms with E-state index in [4.69, 9.17) is 0 Å². The number of carbonyl (C=O) groups is 1. The molecule has 1 aliphatic rings. The van der Waals surface area contributed by atoms with Crippen LogP contribution in [0.25, 0.3) is 0 Å². The van der Waals surface area contributed by atoms with Gasteiger partial charge in [-0.15, -0.1) is 0 Å². The molecule has 0 aromatic heterocycles. The molecule has 94 valence electrons. The lowest BCUT2D eigenvalue weighted by Crippen LogP contribution is -2.21. The first-order valence-electron chi connectivity index (χ1n) is 6.70. The van der Waals surface area contributed by atoms with Crippen LogP contribution >= 0.6 is 0 Å². The average Bonchev–Trinajstić information content (AvgIpc) is 2.72. The quantitative estimate of drug-likeness (QED) is 0.596. The van der Waals surface area contributed by atoms with Crippen molar-refractivity contribution < 1.29 is 9.90 Å². The molecule has 2 atom stereocenters. The zero-order valence-corrected chi connectivity index (χ0v) is 10.9. The number of hydrogen-bond donors (Lipinski definition) is 0. The summed E-state index contributed by atoms with van der Waals surface area (Å²) < 4.78 is 0. The van der Waals surface area contributed by atoms with E-state index in [-0.39, 0.29) is 6.42 Å². The molecule has 0 spiro atoms. The van der Waals surface area contributed by atoms with Gasteiger partial charge in [0, 0.05) is 5.97 Å². The maximum absolute atomic E-state index is 10.4. The van der Waals surface area contributed by atoms with Gasteiger partial charge >= 0.3 is 0 Å². The van der Waals surface area contributed by atoms with Crippen LogP contribution in [0.2, 0.25) is 0 Å². The minimum atomic E-state index is -0.896. The van der Waals surface area contributed by atoms with E-state index in [1.807, 2.05) is 0 Å². The number of carboxylic acids is 1. The topological polar surface area (TPSA) is 40.1 Å². The van der Waals surface area contributed by atoms with E-state index in [2.05, 4.69) is 20.8 Å². The second-order valence-corrected chi connectivity index (χ2v) is 5.79. The van der Waals surface area contributed by atoms with Crippen LogP contribution in [0.4, 0.5) is 0 Å². The lowest BCUT2D eigenvalue weighted by atomic mass is 10.0. The third kappa shape index (κ3) is 3.50. The average molecular weight is 225 g/mol. The summed E-state index contributed by atoms with van der Waals surface area (Å²) in [6, 6.07) is 0. The predicted octanol–water partition coefficient (Wildman–Crippen LogP) is 2.76. The molecule has 0 saturated heterocycles. The molecule has 0 aliphatic heterocycles. The van der Waals surface area contributed by atoms with Crippen molar-refractivity contribution in [1.29, 1.82) is 0 Å². The number of carbonyl (C=O) groups excluding carboxylic acids is 1. The Kier molecular flexibility index (Phi) is 4.82. The van der Waals surface area contributed by atoms with Crippen LogP contribution in [0.5, 0.6) is 0 Å². The van der Waals surface area contributed by atoms with Gasteiger partial charge in [0.1, 0.15) is 0 Å². The third-order valence-corrected chi connectivity index (χ3v) is 4.32. The standard InChI is InChI=1S/C14H26O2/c1-4-5-6-7-8-11-12(14(11,2)3)9-10-13(15)16/h11-12H,4-10H2,1-3H3,(H,15,16)/p-1. The molecule has 1 aliphatic carbocycles. The van der Waals surface area contributed by atoms with E-state index < -0.39 is 5.97 Å². The molecule has 2 unspecified atom stereocenters. The van der Waals surface area contributed by atoms with Crippen molar-refractivity contribution in [3.8, 4) is 0 Å². The predicted molar refractivity (Wildman–Crippen MR) is 63.8 cm³/mol. The molecule has 1 saturated carbocycles. The Morgan fingerprint density at radius 3 is 2.31 bits per heavy atom. The van der Waals surface area contributed by atoms with E-state index >= 15 is 0 Å². The fourth-order valence-electron chi connectivity index (χ4n) is 3.07. The summed E-state index contributed by atoms with van der Waals surface area (Å²) in [5, 5.41) is 10.4.